The molecule has 6 nitrogen and oxygen atoms in total. The fourth-order valence-electron chi connectivity index (χ4n) is 1.91. The molecular formula is C12H12F3N3O3. The molecule has 0 amide bonds. The van der Waals surface area contributed by atoms with Gasteiger partial charge in [-0.2, -0.15) is 13.2 Å². The number of carbonyl (C=O) groups is 1. The van der Waals surface area contributed by atoms with E-state index in [1.54, 1.807) is 13.8 Å². The second kappa shape index (κ2) is 4.90. The Labute approximate surface area is 116 Å². The number of nitrogens with zero attached hydrogens (tertiary/aromatic N) is 3. The van der Waals surface area contributed by atoms with E-state index in [9.17, 15) is 22.8 Å². The van der Waals surface area contributed by atoms with Crippen molar-refractivity contribution in [2.45, 2.75) is 26.1 Å². The molecule has 0 bridgehead atoms. The number of carbonyl (C=O) groups excluding carboxylic acids is 1. The Bertz CT molecular complexity index is 759. The van der Waals surface area contributed by atoms with Crippen molar-refractivity contribution >= 4 is 11.6 Å². The molecule has 0 radical (unpaired) electrons. The van der Waals surface area contributed by atoms with Gasteiger partial charge in [-0.15, -0.1) is 5.10 Å². The van der Waals surface area contributed by atoms with Gasteiger partial charge in [-0.05, 0) is 26.0 Å². The topological polar surface area (TPSA) is 65.6 Å². The van der Waals surface area contributed by atoms with E-state index in [0.29, 0.717) is 10.5 Å². The molecule has 0 aromatic carbocycles. The fraction of sp³-hybridized carbons (Fsp3) is 0.417. The average Bonchev–Trinajstić information content (AvgIpc) is 2.74. The smallest absolute Gasteiger partial charge is 0.431 e. The monoisotopic (exact) mass is 303 g/mol. The molecule has 0 aliphatic rings. The summed E-state index contributed by atoms with van der Waals surface area (Å²) in [5, 5.41) is 3.82. The quantitative estimate of drug-likeness (QED) is 0.795. The molecule has 0 aliphatic heterocycles. The highest BCUT2D eigenvalue weighted by molar-refractivity contribution is 5.95. The maximum absolute atomic E-state index is 13.0. The van der Waals surface area contributed by atoms with Crippen LogP contribution in [0, 0.1) is 0 Å². The Morgan fingerprint density at radius 1 is 1.33 bits per heavy atom. The van der Waals surface area contributed by atoms with E-state index in [1.807, 2.05) is 0 Å². The Kier molecular flexibility index (Phi) is 3.52. The highest BCUT2D eigenvalue weighted by Gasteiger charge is 2.36. The van der Waals surface area contributed by atoms with E-state index in [4.69, 9.17) is 0 Å². The summed E-state index contributed by atoms with van der Waals surface area (Å²) in [7, 11) is 1.09. The number of halogens is 3. The minimum atomic E-state index is -4.75. The second-order valence-electron chi connectivity index (χ2n) is 4.60. The van der Waals surface area contributed by atoms with Crippen LogP contribution in [0.4, 0.5) is 13.2 Å². The van der Waals surface area contributed by atoms with E-state index in [0.717, 1.165) is 17.9 Å². The van der Waals surface area contributed by atoms with Gasteiger partial charge >= 0.3 is 17.8 Å². The summed E-state index contributed by atoms with van der Waals surface area (Å²) in [6, 6.07) is 1.15. The highest BCUT2D eigenvalue weighted by Crippen LogP contribution is 2.29. The molecule has 0 atom stereocenters. The Balaban J connectivity index is 2.94. The van der Waals surface area contributed by atoms with Crippen molar-refractivity contribution < 1.29 is 22.7 Å². The lowest BCUT2D eigenvalue weighted by molar-refractivity contribution is -0.142. The van der Waals surface area contributed by atoms with Crippen molar-refractivity contribution in [1.29, 1.82) is 0 Å². The molecule has 0 unspecified atom stereocenters. The molecule has 0 fully saturated rings. The van der Waals surface area contributed by atoms with Crippen molar-refractivity contribution in [2.75, 3.05) is 7.11 Å². The van der Waals surface area contributed by atoms with E-state index in [-0.39, 0.29) is 11.2 Å². The van der Waals surface area contributed by atoms with Gasteiger partial charge in [0.25, 0.3) is 0 Å². The molecule has 2 aromatic rings. The first kappa shape index (κ1) is 15.1. The van der Waals surface area contributed by atoms with Crippen LogP contribution in [0.15, 0.2) is 16.9 Å². The van der Waals surface area contributed by atoms with Crippen LogP contribution in [0.3, 0.4) is 0 Å². The SMILES string of the molecule is COC(=O)c1ccc(C(F)(F)F)n2c(=O)n(C(C)C)nc12. The van der Waals surface area contributed by atoms with Crippen LogP contribution in [-0.4, -0.2) is 27.3 Å². The number of alkyl halides is 3. The lowest BCUT2D eigenvalue weighted by Crippen LogP contribution is -2.26. The predicted molar refractivity (Wildman–Crippen MR) is 66.2 cm³/mol. The standard InChI is InChI=1S/C12H12F3N3O3/c1-6(2)18-11(20)17-8(12(13,14)15)5-4-7(9(17)16-18)10(19)21-3/h4-6H,1-3H3. The lowest BCUT2D eigenvalue weighted by atomic mass is 10.2. The van der Waals surface area contributed by atoms with E-state index in [1.165, 1.54) is 0 Å². The molecular weight excluding hydrogens is 291 g/mol. The number of hydrogen-bond acceptors (Lipinski definition) is 4. The average molecular weight is 303 g/mol. The maximum Gasteiger partial charge on any atom is 0.431 e. The van der Waals surface area contributed by atoms with Crippen LogP contribution in [0.25, 0.3) is 5.65 Å². The van der Waals surface area contributed by atoms with Crippen LogP contribution >= 0.6 is 0 Å². The highest BCUT2D eigenvalue weighted by atomic mass is 19.4. The number of ether oxygens (including phenoxy) is 1. The molecule has 0 saturated heterocycles. The summed E-state index contributed by atoms with van der Waals surface area (Å²) in [5.74, 6) is -0.866. The van der Waals surface area contributed by atoms with Gasteiger partial charge < -0.3 is 4.74 Å². The van der Waals surface area contributed by atoms with Gasteiger partial charge in [0, 0.05) is 0 Å². The minimum Gasteiger partial charge on any atom is -0.465 e. The number of aromatic nitrogens is 3. The lowest BCUT2D eigenvalue weighted by Gasteiger charge is -2.09. The van der Waals surface area contributed by atoms with Gasteiger partial charge in [-0.25, -0.2) is 18.7 Å². The maximum atomic E-state index is 13.0. The van der Waals surface area contributed by atoms with Crippen molar-refractivity contribution in [2.24, 2.45) is 0 Å². The first-order valence-electron chi connectivity index (χ1n) is 5.98. The summed E-state index contributed by atoms with van der Waals surface area (Å²) in [5.41, 5.74) is -2.74. The number of pyridine rings is 1. The Morgan fingerprint density at radius 3 is 2.43 bits per heavy atom. The van der Waals surface area contributed by atoms with Gasteiger partial charge in [-0.1, -0.05) is 0 Å². The van der Waals surface area contributed by atoms with Gasteiger partial charge in [0.1, 0.15) is 11.3 Å². The third kappa shape index (κ3) is 2.39. The molecule has 2 rings (SSSR count). The van der Waals surface area contributed by atoms with Crippen molar-refractivity contribution in [3.05, 3.63) is 33.9 Å². The van der Waals surface area contributed by atoms with Crippen LogP contribution in [-0.2, 0) is 10.9 Å². The van der Waals surface area contributed by atoms with Crippen LogP contribution in [0.2, 0.25) is 0 Å². The normalized spacial score (nSPS) is 12.1. The number of esters is 1. The van der Waals surface area contributed by atoms with Crippen LogP contribution in [0.1, 0.15) is 35.9 Å². The number of hydrogen-bond donors (Lipinski definition) is 0. The number of methoxy groups -OCH3 is 1. The summed E-state index contributed by atoms with van der Waals surface area (Å²) in [4.78, 5) is 23.7. The molecule has 9 heteroatoms. The van der Waals surface area contributed by atoms with Crippen molar-refractivity contribution in [1.82, 2.24) is 14.2 Å². The van der Waals surface area contributed by atoms with Crippen LogP contribution < -0.4 is 5.69 Å². The third-order valence-corrected chi connectivity index (χ3v) is 2.88. The number of rotatable bonds is 2. The van der Waals surface area contributed by atoms with Gasteiger partial charge in [0.05, 0.1) is 13.2 Å². The molecule has 114 valence electrons. The molecule has 0 saturated carbocycles. The van der Waals surface area contributed by atoms with Crippen molar-refractivity contribution in [3.63, 3.8) is 0 Å². The molecule has 2 heterocycles. The van der Waals surface area contributed by atoms with Gasteiger partial charge in [0.2, 0.25) is 0 Å². The molecule has 0 aliphatic carbocycles. The molecule has 0 N–H and O–H groups in total. The molecule has 0 spiro atoms. The fourth-order valence-corrected chi connectivity index (χ4v) is 1.91. The first-order chi connectivity index (χ1) is 9.68. The molecule has 21 heavy (non-hydrogen) atoms. The summed E-state index contributed by atoms with van der Waals surface area (Å²) in [6.07, 6.45) is -4.75. The van der Waals surface area contributed by atoms with Gasteiger partial charge in [-0.3, -0.25) is 0 Å². The van der Waals surface area contributed by atoms with E-state index in [2.05, 4.69) is 9.84 Å². The van der Waals surface area contributed by atoms with Crippen LogP contribution in [0.5, 0.6) is 0 Å². The second-order valence-corrected chi connectivity index (χ2v) is 4.60. The zero-order chi connectivity index (χ0) is 15.9. The first-order valence-corrected chi connectivity index (χ1v) is 5.98. The minimum absolute atomic E-state index is 0.206. The molecule has 2 aromatic heterocycles. The predicted octanol–water partition coefficient (Wildman–Crippen LogP) is 1.88. The zero-order valence-corrected chi connectivity index (χ0v) is 11.4. The van der Waals surface area contributed by atoms with E-state index < -0.39 is 29.6 Å². The largest absolute Gasteiger partial charge is 0.465 e. The summed E-state index contributed by atoms with van der Waals surface area (Å²) < 4.78 is 44.8. The zero-order valence-electron chi connectivity index (χ0n) is 11.4. The van der Waals surface area contributed by atoms with E-state index >= 15 is 0 Å². The third-order valence-electron chi connectivity index (χ3n) is 2.88. The Hall–Kier alpha value is -2.32. The summed E-state index contributed by atoms with van der Waals surface area (Å²) in [6.45, 7) is 3.19. The summed E-state index contributed by atoms with van der Waals surface area (Å²) >= 11 is 0. The van der Waals surface area contributed by atoms with Gasteiger partial charge in [0.15, 0.2) is 5.65 Å². The van der Waals surface area contributed by atoms with Crippen molar-refractivity contribution in [3.8, 4) is 0 Å². The Morgan fingerprint density at radius 2 is 1.95 bits per heavy atom. The number of fused-ring (bicyclic) bond motifs is 1.